The number of phenolic OH excluding ortho intramolecular Hbond substituents is 1. The van der Waals surface area contributed by atoms with Gasteiger partial charge in [-0.15, -0.1) is 0 Å². The Bertz CT molecular complexity index is 1440. The monoisotopic (exact) mass is 610 g/mol. The molecular weight excluding hydrogens is 564 g/mol. The Morgan fingerprint density at radius 1 is 1.02 bits per heavy atom. The minimum atomic E-state index is -2.71. The number of Topliss-reactive ketones (excluding diaryl/α,β-unsaturated/α-hetero) is 5. The van der Waals surface area contributed by atoms with E-state index in [2.05, 4.69) is 4.74 Å². The molecule has 3 aliphatic carbocycles. The van der Waals surface area contributed by atoms with E-state index in [1.165, 1.54) is 7.11 Å². The van der Waals surface area contributed by atoms with Crippen molar-refractivity contribution < 1.29 is 43.7 Å². The van der Waals surface area contributed by atoms with E-state index >= 15 is 0 Å². The molecule has 3 aliphatic rings. The first-order chi connectivity index (χ1) is 20.4. The number of fused-ring (bicyclic) bond motifs is 3. The summed E-state index contributed by atoms with van der Waals surface area (Å²) in [5.41, 5.74) is -3.17. The zero-order chi connectivity index (χ0) is 33.1. The molecule has 1 aromatic carbocycles. The van der Waals surface area contributed by atoms with Crippen molar-refractivity contribution in [2.24, 2.45) is 34.5 Å². The van der Waals surface area contributed by atoms with Gasteiger partial charge in [-0.05, 0) is 73.0 Å². The van der Waals surface area contributed by atoms with Crippen molar-refractivity contribution in [3.8, 4) is 5.75 Å². The van der Waals surface area contributed by atoms with Crippen LogP contribution in [0.4, 0.5) is 0 Å². The number of methoxy groups -OCH3 is 1. The Hall–Kier alpha value is -3.20. The third-order valence-corrected chi connectivity index (χ3v) is 10.7. The van der Waals surface area contributed by atoms with Crippen molar-refractivity contribution in [3.05, 3.63) is 28.3 Å². The van der Waals surface area contributed by atoms with Crippen molar-refractivity contribution >= 4 is 34.9 Å². The average molecular weight is 611 g/mol. The molecule has 0 heterocycles. The third-order valence-electron chi connectivity index (χ3n) is 10.7. The zero-order valence-electron chi connectivity index (χ0n) is 27.2. The number of ether oxygens (including phenoxy) is 1. The maximum atomic E-state index is 14.5. The van der Waals surface area contributed by atoms with Gasteiger partial charge in [-0.1, -0.05) is 54.0 Å². The summed E-state index contributed by atoms with van der Waals surface area (Å²) in [6, 6.07) is 1.92. The number of aryl methyl sites for hydroxylation is 1. The summed E-state index contributed by atoms with van der Waals surface area (Å²) in [6.07, 6.45) is 2.98. The molecule has 3 unspecified atom stereocenters. The lowest BCUT2D eigenvalue weighted by molar-refractivity contribution is -0.205. The Labute approximate surface area is 259 Å². The smallest absolute Gasteiger partial charge is 0.305 e. The van der Waals surface area contributed by atoms with Gasteiger partial charge >= 0.3 is 5.97 Å². The normalized spacial score (nSPS) is 31.6. The molecular formula is C35H46O9. The van der Waals surface area contributed by atoms with Gasteiger partial charge in [0.15, 0.2) is 28.7 Å². The van der Waals surface area contributed by atoms with Crippen LogP contribution in [-0.4, -0.2) is 57.8 Å². The number of hydrogen-bond donors (Lipinski definition) is 2. The molecule has 0 aromatic heterocycles. The average Bonchev–Trinajstić information content (AvgIpc) is 2.90. The Morgan fingerprint density at radius 3 is 2.20 bits per heavy atom. The highest BCUT2D eigenvalue weighted by Crippen LogP contribution is 2.64. The quantitative estimate of drug-likeness (QED) is 0.234. The van der Waals surface area contributed by atoms with Crippen LogP contribution in [0.25, 0.3) is 0 Å². The maximum absolute atomic E-state index is 14.5. The molecule has 0 radical (unpaired) electrons. The van der Waals surface area contributed by atoms with Gasteiger partial charge in [0.2, 0.25) is 0 Å². The predicted octanol–water partition coefficient (Wildman–Crippen LogP) is 4.49. The second-order valence-electron chi connectivity index (χ2n) is 14.4. The summed E-state index contributed by atoms with van der Waals surface area (Å²) in [4.78, 5) is 80.5. The Morgan fingerprint density at radius 2 is 1.66 bits per heavy atom. The molecule has 2 saturated carbocycles. The van der Waals surface area contributed by atoms with Crippen LogP contribution in [0.5, 0.6) is 5.75 Å². The van der Waals surface area contributed by atoms with E-state index in [0.29, 0.717) is 43.2 Å². The van der Waals surface area contributed by atoms with Crippen LogP contribution >= 0.6 is 0 Å². The number of carbonyl (C=O) groups is 6. The van der Waals surface area contributed by atoms with Crippen LogP contribution in [0.3, 0.4) is 0 Å². The number of esters is 1. The summed E-state index contributed by atoms with van der Waals surface area (Å²) in [7, 11) is 1.34. The molecule has 1 aromatic rings. The van der Waals surface area contributed by atoms with Crippen LogP contribution in [-0.2, 0) is 41.6 Å². The maximum Gasteiger partial charge on any atom is 0.305 e. The summed E-state index contributed by atoms with van der Waals surface area (Å²) >= 11 is 0. The first-order valence-corrected chi connectivity index (χ1v) is 15.7. The van der Waals surface area contributed by atoms with E-state index in [-0.39, 0.29) is 42.0 Å². The highest BCUT2D eigenvalue weighted by atomic mass is 16.5. The van der Waals surface area contributed by atoms with Crippen LogP contribution < -0.4 is 0 Å². The van der Waals surface area contributed by atoms with E-state index in [1.807, 2.05) is 19.9 Å². The Balaban J connectivity index is 1.83. The first kappa shape index (κ1) is 33.7. The second-order valence-corrected chi connectivity index (χ2v) is 14.4. The Kier molecular flexibility index (Phi) is 8.90. The lowest BCUT2D eigenvalue weighted by atomic mass is 9.39. The van der Waals surface area contributed by atoms with Crippen molar-refractivity contribution in [2.45, 2.75) is 105 Å². The standard InChI is InChI=1S/C35H46O9/c1-17(2)21-14-20(12-10-9-11-13-23(37)44-8)28(38)25-22(21)15-33(6)16-34(7)26(18(3)4)29(39)24(19(5)36)31(41)35(34,43)32(42)27(33)30(25)40/h14,17-18,24,26-27,38,43H,9-13,15-16H2,1-8H3/t24?,26?,27?,33-,34-,35+/m1/s1. The number of unbranched alkanes of at least 4 members (excludes halogenated alkanes) is 2. The minimum Gasteiger partial charge on any atom is -0.507 e. The fraction of sp³-hybridized carbons (Fsp3) is 0.657. The van der Waals surface area contributed by atoms with Gasteiger partial charge in [-0.25, -0.2) is 0 Å². The van der Waals surface area contributed by atoms with Gasteiger partial charge < -0.3 is 14.9 Å². The molecule has 9 heteroatoms. The van der Waals surface area contributed by atoms with Gasteiger partial charge in [0.25, 0.3) is 0 Å². The van der Waals surface area contributed by atoms with Crippen LogP contribution in [0, 0.1) is 34.5 Å². The SMILES string of the molecule is COC(=O)CCCCCc1cc(C(C)C)c2c(c1O)C(=O)C1C(=O)[C@@]3(O)C(=O)C(C(C)=O)C(=O)C(C(C)C)[C@@]3(C)C[C@@]1(C)C2. The summed E-state index contributed by atoms with van der Waals surface area (Å²) < 4.78 is 4.69. The molecule has 0 bridgehead atoms. The van der Waals surface area contributed by atoms with E-state index in [0.717, 1.165) is 12.5 Å². The molecule has 2 fully saturated rings. The van der Waals surface area contributed by atoms with E-state index in [4.69, 9.17) is 0 Å². The number of carbonyl (C=O) groups excluding carboxylic acids is 6. The van der Waals surface area contributed by atoms with Gasteiger partial charge in [0, 0.05) is 17.8 Å². The molecule has 0 aliphatic heterocycles. The third kappa shape index (κ3) is 4.86. The molecule has 44 heavy (non-hydrogen) atoms. The number of aromatic hydroxyl groups is 1. The fourth-order valence-corrected chi connectivity index (χ4v) is 8.86. The highest BCUT2D eigenvalue weighted by Gasteiger charge is 2.76. The molecule has 240 valence electrons. The van der Waals surface area contributed by atoms with Crippen molar-refractivity contribution in [1.82, 2.24) is 0 Å². The van der Waals surface area contributed by atoms with E-state index in [1.54, 1.807) is 27.7 Å². The number of benzene rings is 1. The topological polar surface area (TPSA) is 152 Å². The summed E-state index contributed by atoms with van der Waals surface area (Å²) in [5, 5.41) is 23.7. The van der Waals surface area contributed by atoms with Gasteiger partial charge in [-0.3, -0.25) is 28.8 Å². The first-order valence-electron chi connectivity index (χ1n) is 15.7. The molecule has 2 N–H and O–H groups in total. The predicted molar refractivity (Wildman–Crippen MR) is 161 cm³/mol. The molecule has 0 amide bonds. The number of aliphatic hydroxyl groups is 1. The molecule has 4 rings (SSSR count). The number of phenols is 1. The highest BCUT2D eigenvalue weighted by molar-refractivity contribution is 6.32. The molecule has 9 nitrogen and oxygen atoms in total. The van der Waals surface area contributed by atoms with Gasteiger partial charge in [0.1, 0.15) is 17.5 Å². The number of rotatable bonds is 9. The largest absolute Gasteiger partial charge is 0.507 e. The van der Waals surface area contributed by atoms with Crippen molar-refractivity contribution in [1.29, 1.82) is 0 Å². The van der Waals surface area contributed by atoms with E-state index < -0.39 is 63.1 Å². The summed E-state index contributed by atoms with van der Waals surface area (Å²) in [5.74, 6) is -9.17. The minimum absolute atomic E-state index is 0.0141. The lowest BCUT2D eigenvalue weighted by Gasteiger charge is -2.62. The lowest BCUT2D eigenvalue weighted by Crippen LogP contribution is -2.76. The zero-order valence-corrected chi connectivity index (χ0v) is 27.2. The molecule has 6 atom stereocenters. The van der Waals surface area contributed by atoms with Crippen molar-refractivity contribution in [2.75, 3.05) is 7.11 Å². The summed E-state index contributed by atoms with van der Waals surface area (Å²) in [6.45, 7) is 12.0. The van der Waals surface area contributed by atoms with Crippen LogP contribution in [0.2, 0.25) is 0 Å². The number of ketones is 5. The number of hydrogen-bond acceptors (Lipinski definition) is 9. The molecule has 0 saturated heterocycles. The molecule has 0 spiro atoms. The van der Waals surface area contributed by atoms with Gasteiger partial charge in [0.05, 0.1) is 18.6 Å². The van der Waals surface area contributed by atoms with E-state index in [9.17, 15) is 39.0 Å². The van der Waals surface area contributed by atoms with Crippen molar-refractivity contribution in [3.63, 3.8) is 0 Å². The fourth-order valence-electron chi connectivity index (χ4n) is 8.86. The van der Waals surface area contributed by atoms with Crippen LogP contribution in [0.15, 0.2) is 6.07 Å². The van der Waals surface area contributed by atoms with Gasteiger partial charge in [-0.2, -0.15) is 0 Å². The van der Waals surface area contributed by atoms with Crippen LogP contribution in [0.1, 0.15) is 114 Å². The second kappa shape index (κ2) is 11.6.